The van der Waals surface area contributed by atoms with E-state index in [1.807, 2.05) is 13.8 Å². The number of nitrogens with zero attached hydrogens (tertiary/aromatic N) is 3. The Morgan fingerprint density at radius 1 is 1.11 bits per heavy atom. The van der Waals surface area contributed by atoms with E-state index in [0.717, 1.165) is 30.3 Å². The molecule has 0 unspecified atom stereocenters. The van der Waals surface area contributed by atoms with Crippen LogP contribution in [0.3, 0.4) is 0 Å². The van der Waals surface area contributed by atoms with Crippen molar-refractivity contribution in [3.8, 4) is 11.5 Å². The molecule has 0 fully saturated rings. The van der Waals surface area contributed by atoms with Crippen LogP contribution in [0, 0.1) is 25.6 Å². The molecule has 0 aliphatic carbocycles. The van der Waals surface area contributed by atoms with Gasteiger partial charge in [-0.15, -0.1) is 0 Å². The Morgan fingerprint density at radius 3 is 2.31 bits per heavy atom. The molecule has 2 aromatic rings. The number of nitro groups is 2. The number of phenolic OH excluding ortho intramolecular Hbond substituents is 1. The van der Waals surface area contributed by atoms with Crippen LogP contribution in [0.5, 0.6) is 11.5 Å². The Kier molecular flexibility index (Phi) is 8.55. The number of halogens is 1. The van der Waals surface area contributed by atoms with Crippen molar-refractivity contribution in [1.82, 2.24) is 5.43 Å². The van der Waals surface area contributed by atoms with E-state index < -0.39 is 33.8 Å². The number of hydrogen-bond donors (Lipinski definition) is 2. The first-order valence-corrected chi connectivity index (χ1v) is 11.3. The van der Waals surface area contributed by atoms with Crippen molar-refractivity contribution in [2.24, 2.45) is 10.5 Å². The summed E-state index contributed by atoms with van der Waals surface area (Å²) in [5.41, 5.74) is 2.09. The van der Waals surface area contributed by atoms with E-state index in [1.165, 1.54) is 12.1 Å². The van der Waals surface area contributed by atoms with Gasteiger partial charge >= 0.3 is 11.4 Å². The molecule has 0 aliphatic heterocycles. The molecule has 0 bridgehead atoms. The highest BCUT2D eigenvalue weighted by molar-refractivity contribution is 9.10. The van der Waals surface area contributed by atoms with Gasteiger partial charge in [-0.2, -0.15) is 5.10 Å². The van der Waals surface area contributed by atoms with Gasteiger partial charge in [-0.3, -0.25) is 25.0 Å². The van der Waals surface area contributed by atoms with Crippen LogP contribution in [0.1, 0.15) is 52.2 Å². The first kappa shape index (κ1) is 27.7. The Balaban J connectivity index is 2.13. The quantitative estimate of drug-likeness (QED) is 0.246. The molecule has 12 heteroatoms. The lowest BCUT2D eigenvalue weighted by Crippen LogP contribution is -2.26. The van der Waals surface area contributed by atoms with E-state index in [9.17, 15) is 30.1 Å². The molecule has 35 heavy (non-hydrogen) atoms. The fourth-order valence-electron chi connectivity index (χ4n) is 3.79. The highest BCUT2D eigenvalue weighted by Gasteiger charge is 2.31. The summed E-state index contributed by atoms with van der Waals surface area (Å²) >= 11 is 3.33. The molecule has 0 heterocycles. The molecule has 0 atom stereocenters. The molecule has 0 saturated carbocycles. The van der Waals surface area contributed by atoms with Crippen LogP contribution in [0.25, 0.3) is 0 Å². The number of benzene rings is 2. The van der Waals surface area contributed by atoms with Crippen LogP contribution in [0.15, 0.2) is 39.9 Å². The summed E-state index contributed by atoms with van der Waals surface area (Å²) in [7, 11) is 0. The van der Waals surface area contributed by atoms with Crippen LogP contribution in [0.4, 0.5) is 11.4 Å². The minimum absolute atomic E-state index is 0.00356. The Hall–Kier alpha value is -3.54. The molecule has 0 aromatic heterocycles. The second-order valence-corrected chi connectivity index (χ2v) is 10.6. The highest BCUT2D eigenvalue weighted by atomic mass is 79.9. The third-order valence-electron chi connectivity index (χ3n) is 4.92. The second-order valence-electron chi connectivity index (χ2n) is 9.77. The summed E-state index contributed by atoms with van der Waals surface area (Å²) in [5.74, 6) is -1.28. The normalized spacial score (nSPS) is 11.9. The molecule has 0 radical (unpaired) electrons. The number of phenols is 1. The van der Waals surface area contributed by atoms with Gasteiger partial charge in [0.05, 0.1) is 20.5 Å². The molecule has 1 amide bonds. The number of rotatable bonds is 9. The molecule has 188 valence electrons. The van der Waals surface area contributed by atoms with Gasteiger partial charge in [0.1, 0.15) is 0 Å². The van der Waals surface area contributed by atoms with Crippen LogP contribution < -0.4 is 10.2 Å². The van der Waals surface area contributed by atoms with Gasteiger partial charge in [0.25, 0.3) is 5.91 Å². The van der Waals surface area contributed by atoms with Crippen molar-refractivity contribution < 1.29 is 24.5 Å². The van der Waals surface area contributed by atoms with Crippen molar-refractivity contribution in [3.63, 3.8) is 0 Å². The monoisotopic (exact) mass is 550 g/mol. The zero-order chi connectivity index (χ0) is 26.6. The average Bonchev–Trinajstić information content (AvgIpc) is 2.71. The van der Waals surface area contributed by atoms with Crippen LogP contribution in [-0.4, -0.2) is 33.7 Å². The molecule has 0 saturated heterocycles. The smallest absolute Gasteiger partial charge is 0.312 e. The standard InChI is InChI=1S/C23H27BrN4O7/c1-22(2,3)13-23(4,5)15-9-16(24)21(18(10-15)28(33)34)35-12-20(30)26-25-11-14-6-7-19(29)17(8-14)27(31)32/h6-11,29H,12-13H2,1-5H3,(H,26,30). The Labute approximate surface area is 210 Å². The maximum Gasteiger partial charge on any atom is 0.312 e. The van der Waals surface area contributed by atoms with Crippen LogP contribution >= 0.6 is 15.9 Å². The molecule has 0 aliphatic rings. The first-order valence-electron chi connectivity index (χ1n) is 10.5. The van der Waals surface area contributed by atoms with Crippen LogP contribution in [0.2, 0.25) is 0 Å². The second kappa shape index (κ2) is 10.8. The minimum Gasteiger partial charge on any atom is -0.502 e. The highest BCUT2D eigenvalue weighted by Crippen LogP contribution is 2.43. The minimum atomic E-state index is -0.751. The fourth-order valence-corrected chi connectivity index (χ4v) is 4.36. The van der Waals surface area contributed by atoms with Crippen molar-refractivity contribution >= 4 is 39.4 Å². The first-order chi connectivity index (χ1) is 16.1. The third-order valence-corrected chi connectivity index (χ3v) is 5.51. The number of hydrazone groups is 1. The van der Waals surface area contributed by atoms with Crippen molar-refractivity contribution in [2.45, 2.75) is 46.5 Å². The number of amides is 1. The van der Waals surface area contributed by atoms with E-state index in [-0.39, 0.29) is 27.8 Å². The summed E-state index contributed by atoms with van der Waals surface area (Å²) in [6.45, 7) is 9.76. The van der Waals surface area contributed by atoms with E-state index in [1.54, 1.807) is 6.07 Å². The fraction of sp³-hybridized carbons (Fsp3) is 0.391. The van der Waals surface area contributed by atoms with Gasteiger partial charge in [0, 0.05) is 17.7 Å². The molecule has 2 N–H and O–H groups in total. The summed E-state index contributed by atoms with van der Waals surface area (Å²) in [5, 5.41) is 35.8. The number of ether oxygens (including phenoxy) is 1. The van der Waals surface area contributed by atoms with E-state index >= 15 is 0 Å². The Morgan fingerprint density at radius 2 is 1.74 bits per heavy atom. The number of carbonyl (C=O) groups excluding carboxylic acids is 1. The van der Waals surface area contributed by atoms with Crippen molar-refractivity contribution in [1.29, 1.82) is 0 Å². The van der Waals surface area contributed by atoms with Gasteiger partial charge < -0.3 is 9.84 Å². The zero-order valence-corrected chi connectivity index (χ0v) is 21.6. The molecule has 0 spiro atoms. The van der Waals surface area contributed by atoms with E-state index in [0.29, 0.717) is 4.47 Å². The number of carbonyl (C=O) groups is 1. The van der Waals surface area contributed by atoms with Crippen molar-refractivity contribution in [3.05, 3.63) is 66.2 Å². The largest absolute Gasteiger partial charge is 0.502 e. The number of nitro benzene ring substituents is 2. The molecule has 2 rings (SSSR count). The van der Waals surface area contributed by atoms with Gasteiger partial charge in [-0.05, 0) is 56.9 Å². The van der Waals surface area contributed by atoms with Gasteiger partial charge in [0.2, 0.25) is 5.75 Å². The SMILES string of the molecule is CC(C)(C)CC(C)(C)c1cc(Br)c(OCC(=O)NN=Cc2ccc(O)c([N+](=O)[O-])c2)c([N+](=O)[O-])c1. The van der Waals surface area contributed by atoms with E-state index in [4.69, 9.17) is 4.74 Å². The maximum absolute atomic E-state index is 12.1. The summed E-state index contributed by atoms with van der Waals surface area (Å²) < 4.78 is 5.78. The average molecular weight is 551 g/mol. The number of aromatic hydroxyl groups is 1. The molecule has 2 aromatic carbocycles. The zero-order valence-electron chi connectivity index (χ0n) is 20.0. The molecular weight excluding hydrogens is 524 g/mol. The lowest BCUT2D eigenvalue weighted by Gasteiger charge is -2.33. The van der Waals surface area contributed by atoms with Gasteiger partial charge in [-0.1, -0.05) is 34.6 Å². The number of hydrogen-bond acceptors (Lipinski definition) is 8. The summed E-state index contributed by atoms with van der Waals surface area (Å²) in [6.07, 6.45) is 1.93. The molecular formula is C23H27BrN4O7. The van der Waals surface area contributed by atoms with Gasteiger partial charge in [-0.25, -0.2) is 5.43 Å². The topological polar surface area (TPSA) is 157 Å². The van der Waals surface area contributed by atoms with Crippen molar-refractivity contribution in [2.75, 3.05) is 6.61 Å². The maximum atomic E-state index is 12.1. The predicted octanol–water partition coefficient (Wildman–Crippen LogP) is 5.21. The predicted molar refractivity (Wildman–Crippen MR) is 134 cm³/mol. The lowest BCUT2D eigenvalue weighted by molar-refractivity contribution is -0.386. The van der Waals surface area contributed by atoms with Crippen LogP contribution in [-0.2, 0) is 10.2 Å². The van der Waals surface area contributed by atoms with E-state index in [2.05, 4.69) is 47.2 Å². The lowest BCUT2D eigenvalue weighted by atomic mass is 9.72. The summed E-state index contributed by atoms with van der Waals surface area (Å²) in [6, 6.07) is 6.80. The van der Waals surface area contributed by atoms with Gasteiger partial charge in [0.15, 0.2) is 12.4 Å². The molecule has 11 nitrogen and oxygen atoms in total. The summed E-state index contributed by atoms with van der Waals surface area (Å²) in [4.78, 5) is 33.4. The number of nitrogens with one attached hydrogen (secondary N) is 1. The third kappa shape index (κ3) is 7.74. The Bertz CT molecular complexity index is 1170.